The maximum atomic E-state index is 12.9. The largest absolute Gasteiger partial charge is 0.486 e. The molecule has 0 radical (unpaired) electrons. The average molecular weight is 982 g/mol. The van der Waals surface area contributed by atoms with Crippen LogP contribution in [0.1, 0.15) is 37.1 Å². The van der Waals surface area contributed by atoms with Gasteiger partial charge in [-0.05, 0) is 62.1 Å². The second kappa shape index (κ2) is 15.7. The molecule has 4 aliphatic heterocycles. The molecule has 0 unspecified atom stereocenters. The normalized spacial score (nSPS) is 21.3. The highest BCUT2D eigenvalue weighted by atomic mass is 35.5. The molecule has 12 rings (SSSR count). The predicted octanol–water partition coefficient (Wildman–Crippen LogP) is 4.28. The molecule has 8 heterocycles. The number of ether oxygens (including phenoxy) is 4. The third-order valence-electron chi connectivity index (χ3n) is 13.3. The Morgan fingerprint density at radius 1 is 0.606 bits per heavy atom. The smallest absolute Gasteiger partial charge is 0.239 e. The van der Waals surface area contributed by atoms with E-state index in [1.807, 2.05) is 12.1 Å². The zero-order chi connectivity index (χ0) is 45.9. The lowest BCUT2D eigenvalue weighted by Crippen LogP contribution is -2.52. The Morgan fingerprint density at radius 2 is 1.08 bits per heavy atom. The summed E-state index contributed by atoms with van der Waals surface area (Å²) in [4.78, 5) is 33.0. The van der Waals surface area contributed by atoms with Crippen molar-refractivity contribution >= 4 is 88.5 Å². The summed E-state index contributed by atoms with van der Waals surface area (Å²) in [5, 5.41) is 7.30. The minimum atomic E-state index is -3.43. The van der Waals surface area contributed by atoms with E-state index >= 15 is 0 Å². The summed E-state index contributed by atoms with van der Waals surface area (Å²) in [6, 6.07) is 10.8. The van der Waals surface area contributed by atoms with Crippen molar-refractivity contribution in [2.75, 3.05) is 99.8 Å². The van der Waals surface area contributed by atoms with E-state index < -0.39 is 29.2 Å². The fourth-order valence-corrected chi connectivity index (χ4v) is 12.5. The molecule has 348 valence electrons. The molecule has 2 aromatic carbocycles. The van der Waals surface area contributed by atoms with Crippen LogP contribution in [0.3, 0.4) is 0 Å². The molecular formula is C42H46Cl2N12O8S2. The molecule has 6 aromatic rings. The first-order valence-electron chi connectivity index (χ1n) is 21.6. The first-order chi connectivity index (χ1) is 31.6. The molecule has 2 aliphatic carbocycles. The van der Waals surface area contributed by atoms with Gasteiger partial charge in [-0.1, -0.05) is 23.2 Å². The number of benzene rings is 2. The number of morpholine rings is 2. The van der Waals surface area contributed by atoms with E-state index in [1.54, 1.807) is 47.5 Å². The third kappa shape index (κ3) is 6.88. The quantitative estimate of drug-likeness (QED) is 0.217. The Kier molecular flexibility index (Phi) is 10.3. The number of nitrogens with zero attached hydrogens (tertiary/aromatic N) is 10. The molecule has 20 nitrogen and oxygen atoms in total. The summed E-state index contributed by atoms with van der Waals surface area (Å²) in [5.74, 6) is 3.81. The maximum Gasteiger partial charge on any atom is 0.239 e. The summed E-state index contributed by atoms with van der Waals surface area (Å²) in [5.41, 5.74) is 3.72. The van der Waals surface area contributed by atoms with Crippen LogP contribution in [0.4, 0.5) is 23.5 Å². The molecule has 24 heteroatoms. The topological polar surface area (TPSA) is 223 Å². The molecule has 4 aromatic heterocycles. The lowest BCUT2D eigenvalue weighted by atomic mass is 10.1. The SMILES string of the molecule is CNc1nc2cc(Cl)ccc2n1-c1nc2c(c(C3(S(C)(=O)=O)CC3)n1)OC[C@@H]1COCCN21.CNc1nc2ccc(Cl)cc2n1-c1nc2c(c(C3(S(C)(=O)=O)CC3)n1)OC[C@@H]1COCCN21. The molecule has 2 saturated carbocycles. The van der Waals surface area contributed by atoms with Crippen molar-refractivity contribution in [3.05, 3.63) is 57.8 Å². The Bertz CT molecular complexity index is 3200. The van der Waals surface area contributed by atoms with Crippen LogP contribution in [0.25, 0.3) is 34.0 Å². The van der Waals surface area contributed by atoms with E-state index in [0.29, 0.717) is 152 Å². The van der Waals surface area contributed by atoms with Crippen LogP contribution in [0.5, 0.6) is 11.5 Å². The van der Waals surface area contributed by atoms with Crippen molar-refractivity contribution in [2.45, 2.75) is 47.3 Å². The molecule has 6 aliphatic rings. The van der Waals surface area contributed by atoms with E-state index in [0.717, 1.165) is 16.6 Å². The van der Waals surface area contributed by atoms with Crippen molar-refractivity contribution in [2.24, 2.45) is 0 Å². The minimum Gasteiger partial charge on any atom is -0.486 e. The number of halogens is 2. The van der Waals surface area contributed by atoms with E-state index in [2.05, 4.69) is 30.4 Å². The van der Waals surface area contributed by atoms with Crippen molar-refractivity contribution in [3.8, 4) is 23.4 Å². The van der Waals surface area contributed by atoms with Gasteiger partial charge in [-0.2, -0.15) is 9.97 Å². The van der Waals surface area contributed by atoms with Gasteiger partial charge in [0.25, 0.3) is 0 Å². The van der Waals surface area contributed by atoms with Gasteiger partial charge in [-0.3, -0.25) is 0 Å². The fourth-order valence-electron chi connectivity index (χ4n) is 9.47. The second-order valence-electron chi connectivity index (χ2n) is 17.4. The van der Waals surface area contributed by atoms with Gasteiger partial charge >= 0.3 is 0 Å². The second-order valence-corrected chi connectivity index (χ2v) is 22.9. The number of rotatable bonds is 8. The molecule has 0 bridgehead atoms. The Hall–Kier alpha value is -5.26. The summed E-state index contributed by atoms with van der Waals surface area (Å²) in [6.07, 6.45) is 4.54. The number of hydrogen-bond acceptors (Lipinski definition) is 18. The number of aromatic nitrogens is 8. The molecule has 0 amide bonds. The van der Waals surface area contributed by atoms with Crippen LogP contribution in [-0.2, 0) is 38.6 Å². The highest BCUT2D eigenvalue weighted by Gasteiger charge is 2.59. The number of fused-ring (bicyclic) bond motifs is 8. The van der Waals surface area contributed by atoms with E-state index in [9.17, 15) is 16.8 Å². The average Bonchev–Trinajstić information content (AvgIpc) is 4.23. The van der Waals surface area contributed by atoms with Gasteiger partial charge in [0.1, 0.15) is 34.1 Å². The molecule has 2 atom stereocenters. The summed E-state index contributed by atoms with van der Waals surface area (Å²) < 4.78 is 76.3. The zero-order valence-electron chi connectivity index (χ0n) is 36.4. The van der Waals surface area contributed by atoms with Gasteiger partial charge in [-0.15, -0.1) is 0 Å². The number of sulfone groups is 2. The molecular weight excluding hydrogens is 936 g/mol. The van der Waals surface area contributed by atoms with Gasteiger partial charge in [0.2, 0.25) is 23.8 Å². The van der Waals surface area contributed by atoms with Crippen LogP contribution >= 0.6 is 23.2 Å². The highest BCUT2D eigenvalue weighted by Crippen LogP contribution is 2.58. The van der Waals surface area contributed by atoms with Crippen molar-refractivity contribution < 1.29 is 35.8 Å². The molecule has 66 heavy (non-hydrogen) atoms. The maximum absolute atomic E-state index is 12.9. The standard InChI is InChI=1S/2C21H23ClN6O4S/c1-23-19-24-14-9-12(22)3-4-15(14)28(19)20-25-17(21(5-6-21)33(2,29)30)16-18(26-20)27-7-8-31-10-13(27)11-32-16;1-23-19-24-14-4-3-12(22)9-15(14)28(19)20-25-17(21(5-6-21)33(2,29)30)16-18(26-20)27-7-8-31-10-13(27)11-32-16/h2*3-4,9,13H,5-8,10-11H2,1-2H3,(H,23,24)/t2*13-/m00/s1. The Morgan fingerprint density at radius 3 is 1.56 bits per heavy atom. The number of hydrogen-bond donors (Lipinski definition) is 2. The van der Waals surface area contributed by atoms with Crippen LogP contribution in [0, 0.1) is 0 Å². The van der Waals surface area contributed by atoms with Crippen molar-refractivity contribution in [1.29, 1.82) is 0 Å². The van der Waals surface area contributed by atoms with Gasteiger partial charge in [0.15, 0.2) is 42.8 Å². The summed E-state index contributed by atoms with van der Waals surface area (Å²) >= 11 is 12.5. The Labute approximate surface area is 389 Å². The van der Waals surface area contributed by atoms with Crippen LogP contribution in [0.15, 0.2) is 36.4 Å². The van der Waals surface area contributed by atoms with E-state index in [1.165, 1.54) is 12.5 Å². The molecule has 4 fully saturated rings. The first kappa shape index (κ1) is 43.3. The summed E-state index contributed by atoms with van der Waals surface area (Å²) in [6.45, 7) is 4.25. The molecule has 2 N–H and O–H groups in total. The van der Waals surface area contributed by atoms with E-state index in [4.69, 9.17) is 62.1 Å². The van der Waals surface area contributed by atoms with Crippen LogP contribution in [-0.4, -0.2) is 147 Å². The predicted molar refractivity (Wildman–Crippen MR) is 249 cm³/mol. The number of nitrogens with one attached hydrogen (secondary N) is 2. The van der Waals surface area contributed by atoms with Gasteiger partial charge in [0.05, 0.1) is 60.6 Å². The third-order valence-corrected chi connectivity index (χ3v) is 17.8. The number of anilines is 4. The van der Waals surface area contributed by atoms with Crippen LogP contribution in [0.2, 0.25) is 10.0 Å². The molecule has 2 saturated heterocycles. The lowest BCUT2D eigenvalue weighted by Gasteiger charge is -2.41. The van der Waals surface area contributed by atoms with Crippen molar-refractivity contribution in [1.82, 2.24) is 39.0 Å². The minimum absolute atomic E-state index is 0.00739. The molecule has 0 spiro atoms. The first-order valence-corrected chi connectivity index (χ1v) is 26.1. The highest BCUT2D eigenvalue weighted by molar-refractivity contribution is 7.92. The zero-order valence-corrected chi connectivity index (χ0v) is 39.6. The number of imidazole rings is 2. The lowest BCUT2D eigenvalue weighted by molar-refractivity contribution is 0.0691. The monoisotopic (exact) mass is 980 g/mol. The van der Waals surface area contributed by atoms with Crippen molar-refractivity contribution in [3.63, 3.8) is 0 Å². The van der Waals surface area contributed by atoms with Gasteiger partial charge < -0.3 is 39.4 Å². The Balaban J connectivity index is 0.000000146. The van der Waals surface area contributed by atoms with Gasteiger partial charge in [-0.25, -0.2) is 45.9 Å². The van der Waals surface area contributed by atoms with Gasteiger partial charge in [0, 0.05) is 49.7 Å². The van der Waals surface area contributed by atoms with Crippen LogP contribution < -0.4 is 29.9 Å². The fraction of sp³-hybridized carbons (Fsp3) is 0.476. The summed E-state index contributed by atoms with van der Waals surface area (Å²) in [7, 11) is -3.34. The van der Waals surface area contributed by atoms with E-state index in [-0.39, 0.29) is 12.1 Å².